The van der Waals surface area contributed by atoms with Gasteiger partial charge in [-0.25, -0.2) is 5.43 Å². The number of amides is 1. The van der Waals surface area contributed by atoms with Gasteiger partial charge in [0.05, 0.1) is 12.8 Å². The largest absolute Gasteiger partial charge is 0.493 e. The lowest BCUT2D eigenvalue weighted by molar-refractivity contribution is 0.0955. The van der Waals surface area contributed by atoms with Crippen molar-refractivity contribution in [2.45, 2.75) is 6.92 Å². The molecule has 0 fully saturated rings. The van der Waals surface area contributed by atoms with Crippen molar-refractivity contribution in [2.75, 3.05) is 6.61 Å². The van der Waals surface area contributed by atoms with E-state index in [0.29, 0.717) is 33.5 Å². The van der Waals surface area contributed by atoms with E-state index in [0.717, 1.165) is 0 Å². The lowest BCUT2D eigenvalue weighted by Gasteiger charge is -2.07. The fourth-order valence-electron chi connectivity index (χ4n) is 1.76. The van der Waals surface area contributed by atoms with Gasteiger partial charge < -0.3 is 4.74 Å². The minimum absolute atomic E-state index is 0.348. The van der Waals surface area contributed by atoms with Crippen LogP contribution in [-0.4, -0.2) is 18.7 Å². The van der Waals surface area contributed by atoms with Crippen LogP contribution >= 0.6 is 23.2 Å². The van der Waals surface area contributed by atoms with Crippen LogP contribution in [-0.2, 0) is 0 Å². The Bertz CT molecular complexity index is 702. The summed E-state index contributed by atoms with van der Waals surface area (Å²) in [5, 5.41) is 4.98. The average Bonchev–Trinajstić information content (AvgIpc) is 2.50. The smallest absolute Gasteiger partial charge is 0.271 e. The molecule has 6 heteroatoms. The molecular formula is C16H14Cl2N2O2. The van der Waals surface area contributed by atoms with E-state index in [1.807, 2.05) is 6.92 Å². The summed E-state index contributed by atoms with van der Waals surface area (Å²) in [6.45, 7) is 2.41. The first-order chi connectivity index (χ1) is 10.6. The quantitative estimate of drug-likeness (QED) is 0.658. The zero-order valence-electron chi connectivity index (χ0n) is 11.8. The van der Waals surface area contributed by atoms with Crippen LogP contribution in [0.3, 0.4) is 0 Å². The van der Waals surface area contributed by atoms with Crippen LogP contribution in [0.25, 0.3) is 0 Å². The van der Waals surface area contributed by atoms with Crippen LogP contribution in [0.5, 0.6) is 5.75 Å². The Morgan fingerprint density at radius 1 is 1.23 bits per heavy atom. The Balaban J connectivity index is 2.09. The fourth-order valence-corrected chi connectivity index (χ4v) is 2.13. The van der Waals surface area contributed by atoms with Crippen LogP contribution in [0.4, 0.5) is 0 Å². The molecule has 1 amide bonds. The Morgan fingerprint density at radius 2 is 2.00 bits per heavy atom. The molecule has 0 aliphatic heterocycles. The number of ether oxygens (including phenoxy) is 1. The average molecular weight is 337 g/mol. The van der Waals surface area contributed by atoms with Gasteiger partial charge >= 0.3 is 0 Å². The second-order valence-corrected chi connectivity index (χ2v) is 5.20. The predicted molar refractivity (Wildman–Crippen MR) is 89.1 cm³/mol. The van der Waals surface area contributed by atoms with E-state index >= 15 is 0 Å². The van der Waals surface area contributed by atoms with Gasteiger partial charge in [0.15, 0.2) is 0 Å². The highest BCUT2D eigenvalue weighted by atomic mass is 35.5. The highest BCUT2D eigenvalue weighted by molar-refractivity contribution is 6.31. The van der Waals surface area contributed by atoms with Crippen LogP contribution in [0.2, 0.25) is 10.0 Å². The number of hydrazone groups is 1. The van der Waals surface area contributed by atoms with E-state index < -0.39 is 0 Å². The van der Waals surface area contributed by atoms with Gasteiger partial charge in [-0.15, -0.1) is 0 Å². The third kappa shape index (κ3) is 4.48. The number of carbonyl (C=O) groups is 1. The summed E-state index contributed by atoms with van der Waals surface area (Å²) in [5.74, 6) is 0.298. The number of carbonyl (C=O) groups excluding carboxylic acids is 1. The minimum atomic E-state index is -0.348. The van der Waals surface area contributed by atoms with E-state index in [1.54, 1.807) is 42.5 Å². The topological polar surface area (TPSA) is 50.7 Å². The third-order valence-corrected chi connectivity index (χ3v) is 3.20. The number of rotatable bonds is 5. The van der Waals surface area contributed by atoms with Crippen LogP contribution < -0.4 is 10.2 Å². The molecule has 2 aromatic rings. The van der Waals surface area contributed by atoms with Gasteiger partial charge in [0, 0.05) is 21.2 Å². The second kappa shape index (κ2) is 7.82. The Morgan fingerprint density at radius 3 is 2.73 bits per heavy atom. The first-order valence-corrected chi connectivity index (χ1v) is 7.37. The van der Waals surface area contributed by atoms with Crippen molar-refractivity contribution in [3.05, 3.63) is 63.6 Å². The molecule has 4 nitrogen and oxygen atoms in total. The van der Waals surface area contributed by atoms with Crippen molar-refractivity contribution in [3.63, 3.8) is 0 Å². The number of hydrogen-bond acceptors (Lipinski definition) is 3. The predicted octanol–water partition coefficient (Wildman–Crippen LogP) is 4.16. The van der Waals surface area contributed by atoms with Crippen molar-refractivity contribution in [3.8, 4) is 5.75 Å². The molecule has 0 saturated heterocycles. The number of hydrogen-bond donors (Lipinski definition) is 1. The molecule has 0 spiro atoms. The molecule has 1 N–H and O–H groups in total. The van der Waals surface area contributed by atoms with Crippen molar-refractivity contribution >= 4 is 35.3 Å². The summed E-state index contributed by atoms with van der Waals surface area (Å²) < 4.78 is 5.47. The van der Waals surface area contributed by atoms with Gasteiger partial charge in [0.1, 0.15) is 5.75 Å². The zero-order valence-corrected chi connectivity index (χ0v) is 13.4. The molecule has 0 aromatic heterocycles. The van der Waals surface area contributed by atoms with E-state index in [-0.39, 0.29) is 5.91 Å². The Labute approximate surface area is 138 Å². The van der Waals surface area contributed by atoms with E-state index in [1.165, 1.54) is 6.21 Å². The minimum Gasteiger partial charge on any atom is -0.493 e. The lowest BCUT2D eigenvalue weighted by Crippen LogP contribution is -2.17. The summed E-state index contributed by atoms with van der Waals surface area (Å²) in [5.41, 5.74) is 3.55. The molecule has 0 bridgehead atoms. The van der Waals surface area contributed by atoms with Crippen molar-refractivity contribution < 1.29 is 9.53 Å². The van der Waals surface area contributed by atoms with Gasteiger partial charge in [0.2, 0.25) is 0 Å². The second-order valence-electron chi connectivity index (χ2n) is 4.32. The number of halogens is 2. The SMILES string of the molecule is CCOc1ccc(Cl)cc1/C=N\NC(=O)c1cccc(Cl)c1. The molecule has 0 saturated carbocycles. The van der Waals surface area contributed by atoms with E-state index in [9.17, 15) is 4.79 Å². The molecule has 0 radical (unpaired) electrons. The fraction of sp³-hybridized carbons (Fsp3) is 0.125. The van der Waals surface area contributed by atoms with Crippen LogP contribution in [0.1, 0.15) is 22.8 Å². The van der Waals surface area contributed by atoms with Crippen LogP contribution in [0, 0.1) is 0 Å². The maximum atomic E-state index is 11.9. The lowest BCUT2D eigenvalue weighted by atomic mass is 10.2. The van der Waals surface area contributed by atoms with Crippen molar-refractivity contribution in [1.29, 1.82) is 0 Å². The first kappa shape index (κ1) is 16.3. The van der Waals surface area contributed by atoms with Crippen molar-refractivity contribution in [1.82, 2.24) is 5.43 Å². The summed E-state index contributed by atoms with van der Waals surface area (Å²) in [4.78, 5) is 11.9. The highest BCUT2D eigenvalue weighted by Gasteiger charge is 2.05. The Kier molecular flexibility index (Phi) is 5.81. The van der Waals surface area contributed by atoms with Gasteiger partial charge in [-0.05, 0) is 43.3 Å². The summed E-state index contributed by atoms with van der Waals surface area (Å²) in [6, 6.07) is 11.8. The van der Waals surface area contributed by atoms with E-state index in [2.05, 4.69) is 10.5 Å². The van der Waals surface area contributed by atoms with Gasteiger partial charge in [0.25, 0.3) is 5.91 Å². The summed E-state index contributed by atoms with van der Waals surface area (Å²) >= 11 is 11.8. The summed E-state index contributed by atoms with van der Waals surface area (Å²) in [7, 11) is 0. The number of nitrogens with zero attached hydrogens (tertiary/aromatic N) is 1. The molecule has 0 unspecified atom stereocenters. The normalized spacial score (nSPS) is 10.7. The van der Waals surface area contributed by atoms with Gasteiger partial charge in [-0.2, -0.15) is 5.10 Å². The molecule has 114 valence electrons. The molecule has 22 heavy (non-hydrogen) atoms. The standard InChI is InChI=1S/C16H14Cl2N2O2/c1-2-22-15-7-6-14(18)9-12(15)10-19-20-16(21)11-4-3-5-13(17)8-11/h3-10H,2H2,1H3,(H,20,21)/b19-10-. The highest BCUT2D eigenvalue weighted by Crippen LogP contribution is 2.21. The monoisotopic (exact) mass is 336 g/mol. The molecule has 0 heterocycles. The molecular weight excluding hydrogens is 323 g/mol. The Hall–Kier alpha value is -2.04. The van der Waals surface area contributed by atoms with Gasteiger partial charge in [-0.3, -0.25) is 4.79 Å². The molecule has 2 aromatic carbocycles. The molecule has 2 rings (SSSR count). The van der Waals surface area contributed by atoms with E-state index in [4.69, 9.17) is 27.9 Å². The van der Waals surface area contributed by atoms with Crippen LogP contribution in [0.15, 0.2) is 47.6 Å². The zero-order chi connectivity index (χ0) is 15.9. The maximum absolute atomic E-state index is 11.9. The molecule has 0 aliphatic rings. The van der Waals surface area contributed by atoms with Gasteiger partial charge in [-0.1, -0.05) is 29.3 Å². The molecule has 0 atom stereocenters. The maximum Gasteiger partial charge on any atom is 0.271 e. The third-order valence-electron chi connectivity index (χ3n) is 2.73. The first-order valence-electron chi connectivity index (χ1n) is 6.61. The number of nitrogens with one attached hydrogen (secondary N) is 1. The number of benzene rings is 2. The van der Waals surface area contributed by atoms with Crippen molar-refractivity contribution in [2.24, 2.45) is 5.10 Å². The molecule has 0 aliphatic carbocycles. The summed E-state index contributed by atoms with van der Waals surface area (Å²) in [6.07, 6.45) is 1.49.